The van der Waals surface area contributed by atoms with Crippen LogP contribution in [0.25, 0.3) is 6.08 Å². The van der Waals surface area contributed by atoms with Crippen molar-refractivity contribution in [2.24, 2.45) is 5.92 Å². The molecule has 3 heterocycles. The van der Waals surface area contributed by atoms with E-state index in [1.54, 1.807) is 24.5 Å². The lowest BCUT2D eigenvalue weighted by Gasteiger charge is -2.31. The van der Waals surface area contributed by atoms with Gasteiger partial charge in [-0.2, -0.15) is 5.10 Å². The molecule has 2 aromatic heterocycles. The Hall–Kier alpha value is -2.70. The third-order valence-corrected chi connectivity index (χ3v) is 4.73. The molecule has 1 fully saturated rings. The molecule has 1 amide bonds. The van der Waals surface area contributed by atoms with E-state index in [4.69, 9.17) is 0 Å². The van der Waals surface area contributed by atoms with E-state index in [1.165, 1.54) is 0 Å². The Bertz CT molecular complexity index is 715. The van der Waals surface area contributed by atoms with Gasteiger partial charge in [0.1, 0.15) is 0 Å². The Kier molecular flexibility index (Phi) is 5.99. The lowest BCUT2D eigenvalue weighted by atomic mass is 9.93. The summed E-state index contributed by atoms with van der Waals surface area (Å²) in [6.07, 6.45) is 13.9. The van der Waals surface area contributed by atoms with Gasteiger partial charge in [0.25, 0.3) is 0 Å². The maximum Gasteiger partial charge on any atom is 0.246 e. The normalized spacial score (nSPS) is 15.5. The van der Waals surface area contributed by atoms with Crippen LogP contribution in [0.4, 0.5) is 5.95 Å². The molecule has 2 aromatic rings. The van der Waals surface area contributed by atoms with E-state index in [-0.39, 0.29) is 5.91 Å². The predicted octanol–water partition coefficient (Wildman–Crippen LogP) is 2.08. The third-order valence-electron chi connectivity index (χ3n) is 4.73. The molecule has 0 N–H and O–H groups in total. The van der Waals surface area contributed by atoms with Gasteiger partial charge in [-0.05, 0) is 37.3 Å². The lowest BCUT2D eigenvalue weighted by Crippen LogP contribution is -2.37. The standard InChI is InChI=1S/C19H26N6O/c1-23(2)19-20-14-17(15-21-19)4-5-18(26)24-11-6-16(7-12-24)8-13-25-10-3-9-22-25/h3-5,9-10,14-16H,6-8,11-13H2,1-2H3. The zero-order valence-electron chi connectivity index (χ0n) is 15.5. The Labute approximate surface area is 154 Å². The molecule has 1 saturated heterocycles. The minimum atomic E-state index is 0.0622. The van der Waals surface area contributed by atoms with Crippen molar-refractivity contribution < 1.29 is 4.79 Å². The molecule has 1 aliphatic heterocycles. The molecule has 0 unspecified atom stereocenters. The summed E-state index contributed by atoms with van der Waals surface area (Å²) in [4.78, 5) is 24.6. The van der Waals surface area contributed by atoms with Gasteiger partial charge in [0.05, 0.1) is 0 Å². The highest BCUT2D eigenvalue weighted by molar-refractivity contribution is 5.91. The first-order chi connectivity index (χ1) is 12.6. The van der Waals surface area contributed by atoms with Gasteiger partial charge in [-0.15, -0.1) is 0 Å². The molecule has 0 bridgehead atoms. The summed E-state index contributed by atoms with van der Waals surface area (Å²) in [6, 6.07) is 1.95. The van der Waals surface area contributed by atoms with Crippen LogP contribution >= 0.6 is 0 Å². The van der Waals surface area contributed by atoms with Crippen molar-refractivity contribution in [2.45, 2.75) is 25.8 Å². The summed E-state index contributed by atoms with van der Waals surface area (Å²) >= 11 is 0. The highest BCUT2D eigenvalue weighted by atomic mass is 16.2. The van der Waals surface area contributed by atoms with E-state index < -0.39 is 0 Å². The van der Waals surface area contributed by atoms with Gasteiger partial charge in [-0.1, -0.05) is 0 Å². The molecule has 0 atom stereocenters. The molecule has 7 nitrogen and oxygen atoms in total. The van der Waals surface area contributed by atoms with Crippen molar-refractivity contribution in [1.82, 2.24) is 24.6 Å². The quantitative estimate of drug-likeness (QED) is 0.743. The smallest absolute Gasteiger partial charge is 0.246 e. The van der Waals surface area contributed by atoms with Gasteiger partial charge in [0.2, 0.25) is 11.9 Å². The Balaban J connectivity index is 1.44. The van der Waals surface area contributed by atoms with Gasteiger partial charge in [0.15, 0.2) is 0 Å². The van der Waals surface area contributed by atoms with Gasteiger partial charge in [-0.25, -0.2) is 9.97 Å². The summed E-state index contributed by atoms with van der Waals surface area (Å²) in [5.41, 5.74) is 0.832. The third kappa shape index (κ3) is 4.91. The van der Waals surface area contributed by atoms with Gasteiger partial charge in [0, 0.05) is 70.2 Å². The van der Waals surface area contributed by atoms with E-state index >= 15 is 0 Å². The number of rotatable bonds is 6. The second kappa shape index (κ2) is 8.60. The predicted molar refractivity (Wildman–Crippen MR) is 102 cm³/mol. The Morgan fingerprint density at radius 2 is 2.00 bits per heavy atom. The fourth-order valence-electron chi connectivity index (χ4n) is 3.11. The van der Waals surface area contributed by atoms with Gasteiger partial charge in [-0.3, -0.25) is 9.48 Å². The summed E-state index contributed by atoms with van der Waals surface area (Å²) in [5.74, 6) is 1.39. The van der Waals surface area contributed by atoms with Crippen LogP contribution in [0.5, 0.6) is 0 Å². The maximum absolute atomic E-state index is 12.4. The van der Waals surface area contributed by atoms with E-state index in [2.05, 4.69) is 15.1 Å². The summed E-state index contributed by atoms with van der Waals surface area (Å²) < 4.78 is 1.98. The summed E-state index contributed by atoms with van der Waals surface area (Å²) in [7, 11) is 3.79. The number of carbonyl (C=O) groups is 1. The monoisotopic (exact) mass is 354 g/mol. The molecule has 0 aromatic carbocycles. The fourth-order valence-corrected chi connectivity index (χ4v) is 3.11. The molecular formula is C19H26N6O. The molecule has 1 aliphatic rings. The van der Waals surface area contributed by atoms with Gasteiger partial charge >= 0.3 is 0 Å². The topological polar surface area (TPSA) is 67.2 Å². The number of aryl methyl sites for hydroxylation is 1. The number of hydrogen-bond donors (Lipinski definition) is 0. The molecule has 138 valence electrons. The number of hydrogen-bond acceptors (Lipinski definition) is 5. The van der Waals surface area contributed by atoms with E-state index in [1.807, 2.05) is 47.0 Å². The molecule has 0 saturated carbocycles. The molecule has 0 radical (unpaired) electrons. The molecule has 0 aliphatic carbocycles. The van der Waals surface area contributed by atoms with Crippen LogP contribution in [-0.4, -0.2) is 57.7 Å². The van der Waals surface area contributed by atoms with E-state index in [0.29, 0.717) is 11.9 Å². The number of aromatic nitrogens is 4. The van der Waals surface area contributed by atoms with Crippen LogP contribution in [0.3, 0.4) is 0 Å². The Morgan fingerprint density at radius 1 is 1.27 bits per heavy atom. The zero-order valence-corrected chi connectivity index (χ0v) is 15.5. The highest BCUT2D eigenvalue weighted by Gasteiger charge is 2.21. The number of likely N-dealkylation sites (tertiary alicyclic amines) is 1. The molecular weight excluding hydrogens is 328 g/mol. The Morgan fingerprint density at radius 3 is 2.62 bits per heavy atom. The zero-order chi connectivity index (χ0) is 18.4. The minimum absolute atomic E-state index is 0.0622. The van der Waals surface area contributed by atoms with Crippen molar-refractivity contribution >= 4 is 17.9 Å². The second-order valence-electron chi connectivity index (χ2n) is 6.87. The van der Waals surface area contributed by atoms with Crippen molar-refractivity contribution in [3.8, 4) is 0 Å². The van der Waals surface area contributed by atoms with E-state index in [9.17, 15) is 4.79 Å². The van der Waals surface area contributed by atoms with Crippen molar-refractivity contribution in [2.75, 3.05) is 32.1 Å². The number of anilines is 1. The summed E-state index contributed by atoms with van der Waals surface area (Å²) in [6.45, 7) is 2.60. The first-order valence-electron chi connectivity index (χ1n) is 9.05. The van der Waals surface area contributed by atoms with Crippen LogP contribution in [0.1, 0.15) is 24.8 Å². The van der Waals surface area contributed by atoms with Gasteiger partial charge < -0.3 is 9.80 Å². The first-order valence-corrected chi connectivity index (χ1v) is 9.05. The minimum Gasteiger partial charge on any atom is -0.347 e. The highest BCUT2D eigenvalue weighted by Crippen LogP contribution is 2.21. The lowest BCUT2D eigenvalue weighted by molar-refractivity contribution is -0.127. The average Bonchev–Trinajstić information content (AvgIpc) is 3.19. The maximum atomic E-state index is 12.4. The molecule has 3 rings (SSSR count). The number of carbonyl (C=O) groups excluding carboxylic acids is 1. The number of amides is 1. The summed E-state index contributed by atoms with van der Waals surface area (Å²) in [5, 5.41) is 4.24. The SMILES string of the molecule is CN(C)c1ncc(C=CC(=O)N2CCC(CCn3cccn3)CC2)cn1. The van der Waals surface area contributed by atoms with Crippen LogP contribution in [0.15, 0.2) is 36.9 Å². The number of nitrogens with zero attached hydrogens (tertiary/aromatic N) is 6. The molecule has 0 spiro atoms. The first kappa shape index (κ1) is 18.1. The fraction of sp³-hybridized carbons (Fsp3) is 0.474. The number of piperidine rings is 1. The second-order valence-corrected chi connectivity index (χ2v) is 6.87. The van der Waals surface area contributed by atoms with E-state index in [0.717, 1.165) is 44.5 Å². The van der Waals surface area contributed by atoms with Crippen molar-refractivity contribution in [3.05, 3.63) is 42.5 Å². The molecule has 26 heavy (non-hydrogen) atoms. The molecule has 7 heteroatoms. The van der Waals surface area contributed by atoms with Crippen LogP contribution in [0, 0.1) is 5.92 Å². The average molecular weight is 354 g/mol. The van der Waals surface area contributed by atoms with Crippen molar-refractivity contribution in [1.29, 1.82) is 0 Å². The van der Waals surface area contributed by atoms with Crippen LogP contribution in [-0.2, 0) is 11.3 Å². The largest absolute Gasteiger partial charge is 0.347 e. The van der Waals surface area contributed by atoms with Crippen LogP contribution < -0.4 is 4.90 Å². The van der Waals surface area contributed by atoms with Crippen LogP contribution in [0.2, 0.25) is 0 Å². The van der Waals surface area contributed by atoms with Crippen molar-refractivity contribution in [3.63, 3.8) is 0 Å².